The summed E-state index contributed by atoms with van der Waals surface area (Å²) in [5.74, 6) is 2.55. The first-order chi connectivity index (χ1) is 18.2. The Balaban J connectivity index is 1.39. The van der Waals surface area contributed by atoms with Crippen LogP contribution in [0.15, 0.2) is 36.4 Å². The van der Waals surface area contributed by atoms with Crippen molar-refractivity contribution >= 4 is 22.7 Å². The van der Waals surface area contributed by atoms with Crippen LogP contribution in [0.2, 0.25) is 0 Å². The molecule has 0 saturated carbocycles. The SMILES string of the molecule is COc1ccc(-c2[nH]c3ccc(C(=O)N4CC5CN(C(=O)CN(C)C)CC5C4)cc3c2C(C)C)cc1OC. The van der Waals surface area contributed by atoms with Gasteiger partial charge >= 0.3 is 0 Å². The van der Waals surface area contributed by atoms with Gasteiger partial charge in [-0.05, 0) is 62.0 Å². The van der Waals surface area contributed by atoms with Gasteiger partial charge in [0.2, 0.25) is 5.91 Å². The van der Waals surface area contributed by atoms with Gasteiger partial charge in [-0.2, -0.15) is 0 Å². The molecule has 2 aliphatic heterocycles. The van der Waals surface area contributed by atoms with Crippen molar-refractivity contribution in [1.29, 1.82) is 0 Å². The van der Waals surface area contributed by atoms with Gasteiger partial charge < -0.3 is 29.2 Å². The van der Waals surface area contributed by atoms with E-state index in [-0.39, 0.29) is 17.7 Å². The molecule has 0 aliphatic carbocycles. The molecule has 38 heavy (non-hydrogen) atoms. The van der Waals surface area contributed by atoms with Crippen LogP contribution in [0.25, 0.3) is 22.2 Å². The van der Waals surface area contributed by atoms with Gasteiger partial charge in [0.05, 0.1) is 26.5 Å². The van der Waals surface area contributed by atoms with E-state index in [2.05, 4.69) is 18.8 Å². The van der Waals surface area contributed by atoms with E-state index in [1.165, 1.54) is 5.56 Å². The molecule has 2 aliphatic rings. The van der Waals surface area contributed by atoms with Gasteiger partial charge in [0.1, 0.15) is 0 Å². The number of aromatic amines is 1. The largest absolute Gasteiger partial charge is 0.493 e. The highest BCUT2D eigenvalue weighted by Gasteiger charge is 2.43. The minimum Gasteiger partial charge on any atom is -0.493 e. The number of carbonyl (C=O) groups excluding carboxylic acids is 2. The number of hydrogen-bond donors (Lipinski definition) is 1. The number of nitrogens with one attached hydrogen (secondary N) is 1. The molecule has 1 N–H and O–H groups in total. The van der Waals surface area contributed by atoms with E-state index in [1.54, 1.807) is 14.2 Å². The zero-order valence-corrected chi connectivity index (χ0v) is 23.2. The molecule has 2 amide bonds. The summed E-state index contributed by atoms with van der Waals surface area (Å²) < 4.78 is 11.0. The molecule has 1 aromatic heterocycles. The highest BCUT2D eigenvalue weighted by atomic mass is 16.5. The van der Waals surface area contributed by atoms with Gasteiger partial charge in [0.25, 0.3) is 5.91 Å². The number of carbonyl (C=O) groups is 2. The number of benzene rings is 2. The van der Waals surface area contributed by atoms with Crippen molar-refractivity contribution < 1.29 is 19.1 Å². The summed E-state index contributed by atoms with van der Waals surface area (Å²) in [5, 5.41) is 1.07. The van der Waals surface area contributed by atoms with Gasteiger partial charge in [-0.25, -0.2) is 0 Å². The third-order valence-electron chi connectivity index (χ3n) is 7.91. The lowest BCUT2D eigenvalue weighted by Gasteiger charge is -2.23. The fraction of sp³-hybridized carbons (Fsp3) is 0.467. The van der Waals surface area contributed by atoms with Crippen molar-refractivity contribution in [3.63, 3.8) is 0 Å². The molecular weight excluding hydrogens is 480 g/mol. The molecule has 0 radical (unpaired) electrons. The number of nitrogens with zero attached hydrogens (tertiary/aromatic N) is 3. The number of amides is 2. The zero-order valence-electron chi connectivity index (χ0n) is 23.2. The average Bonchev–Trinajstić information content (AvgIpc) is 3.58. The molecule has 8 nitrogen and oxygen atoms in total. The molecule has 5 rings (SSSR count). The normalized spacial score (nSPS) is 19.1. The second kappa shape index (κ2) is 10.3. The van der Waals surface area contributed by atoms with Crippen molar-refractivity contribution in [2.75, 3.05) is 61.0 Å². The van der Waals surface area contributed by atoms with E-state index in [0.717, 1.165) is 35.2 Å². The lowest BCUT2D eigenvalue weighted by atomic mass is 9.95. The van der Waals surface area contributed by atoms with Gasteiger partial charge in [-0.15, -0.1) is 0 Å². The first-order valence-electron chi connectivity index (χ1n) is 13.3. The molecule has 3 aromatic rings. The van der Waals surface area contributed by atoms with E-state index in [1.807, 2.05) is 65.2 Å². The quantitative estimate of drug-likeness (QED) is 0.510. The minimum atomic E-state index is 0.0658. The first kappa shape index (κ1) is 26.1. The number of ether oxygens (including phenoxy) is 2. The van der Waals surface area contributed by atoms with Crippen molar-refractivity contribution in [3.8, 4) is 22.8 Å². The molecule has 0 spiro atoms. The Morgan fingerprint density at radius 3 is 2.21 bits per heavy atom. The van der Waals surface area contributed by atoms with Crippen LogP contribution in [-0.2, 0) is 4.79 Å². The summed E-state index contributed by atoms with van der Waals surface area (Å²) >= 11 is 0. The van der Waals surface area contributed by atoms with Crippen LogP contribution in [0.1, 0.15) is 35.7 Å². The molecule has 0 bridgehead atoms. The number of methoxy groups -OCH3 is 2. The van der Waals surface area contributed by atoms with Crippen LogP contribution in [-0.4, -0.2) is 92.5 Å². The number of hydrogen-bond acceptors (Lipinski definition) is 5. The monoisotopic (exact) mass is 518 g/mol. The van der Waals surface area contributed by atoms with E-state index in [9.17, 15) is 9.59 Å². The number of fused-ring (bicyclic) bond motifs is 2. The Kier molecular flexibility index (Phi) is 7.09. The fourth-order valence-electron chi connectivity index (χ4n) is 6.08. The number of likely N-dealkylation sites (N-methyl/N-ethyl adjacent to an activating group) is 1. The summed E-state index contributed by atoms with van der Waals surface area (Å²) in [5.41, 5.74) is 4.92. The molecule has 2 fully saturated rings. The van der Waals surface area contributed by atoms with Gasteiger partial charge in [-0.1, -0.05) is 13.8 Å². The number of H-pyrrole nitrogens is 1. The predicted molar refractivity (Wildman–Crippen MR) is 149 cm³/mol. The third-order valence-corrected chi connectivity index (χ3v) is 7.91. The van der Waals surface area contributed by atoms with Crippen LogP contribution in [0.5, 0.6) is 11.5 Å². The second-order valence-electron chi connectivity index (χ2n) is 11.2. The van der Waals surface area contributed by atoms with Crippen molar-refractivity contribution in [1.82, 2.24) is 19.7 Å². The molecule has 3 heterocycles. The van der Waals surface area contributed by atoms with Gasteiger partial charge in [-0.3, -0.25) is 9.59 Å². The Bertz CT molecular complexity index is 1350. The third kappa shape index (κ3) is 4.73. The van der Waals surface area contributed by atoms with E-state index in [4.69, 9.17) is 9.47 Å². The molecule has 2 aromatic carbocycles. The number of likely N-dealkylation sites (tertiary alicyclic amines) is 2. The van der Waals surface area contributed by atoms with Crippen LogP contribution in [0, 0.1) is 11.8 Å². The zero-order chi connectivity index (χ0) is 27.1. The summed E-state index contributed by atoms with van der Waals surface area (Å²) in [7, 11) is 7.10. The van der Waals surface area contributed by atoms with E-state index >= 15 is 0 Å². The number of aromatic nitrogens is 1. The summed E-state index contributed by atoms with van der Waals surface area (Å²) in [6, 6.07) is 11.9. The average molecular weight is 519 g/mol. The molecular formula is C30H38N4O4. The molecule has 2 saturated heterocycles. The van der Waals surface area contributed by atoms with Crippen LogP contribution < -0.4 is 9.47 Å². The van der Waals surface area contributed by atoms with E-state index < -0.39 is 0 Å². The second-order valence-corrected chi connectivity index (χ2v) is 11.2. The van der Waals surface area contributed by atoms with E-state index in [0.29, 0.717) is 48.5 Å². The van der Waals surface area contributed by atoms with Crippen molar-refractivity contribution in [2.24, 2.45) is 11.8 Å². The smallest absolute Gasteiger partial charge is 0.253 e. The lowest BCUT2D eigenvalue weighted by molar-refractivity contribution is -0.131. The maximum atomic E-state index is 13.6. The summed E-state index contributed by atoms with van der Waals surface area (Å²) in [4.78, 5) is 35.5. The Hall–Kier alpha value is -3.52. The molecule has 202 valence electrons. The fourth-order valence-corrected chi connectivity index (χ4v) is 6.08. The maximum Gasteiger partial charge on any atom is 0.253 e. The van der Waals surface area contributed by atoms with Crippen molar-refractivity contribution in [3.05, 3.63) is 47.5 Å². The minimum absolute atomic E-state index is 0.0658. The maximum absolute atomic E-state index is 13.6. The highest BCUT2D eigenvalue weighted by molar-refractivity contribution is 6.01. The van der Waals surface area contributed by atoms with Crippen LogP contribution in [0.4, 0.5) is 0 Å². The molecule has 8 heteroatoms. The van der Waals surface area contributed by atoms with Gasteiger partial charge in [0.15, 0.2) is 11.5 Å². The highest BCUT2D eigenvalue weighted by Crippen LogP contribution is 2.39. The standard InChI is InChI=1S/C30H38N4O4/c1-18(2)28-23-11-20(7-9-24(23)31-29(28)19-8-10-25(37-5)26(12-19)38-6)30(36)34-15-21-13-33(14-22(21)16-34)27(35)17-32(3)4/h7-12,18,21-22,31H,13-17H2,1-6H3. The molecule has 2 unspecified atom stereocenters. The summed E-state index contributed by atoms with van der Waals surface area (Å²) in [6.45, 7) is 7.66. The summed E-state index contributed by atoms with van der Waals surface area (Å²) in [6.07, 6.45) is 0. The number of rotatable bonds is 7. The van der Waals surface area contributed by atoms with Crippen molar-refractivity contribution in [2.45, 2.75) is 19.8 Å². The Labute approximate surface area is 224 Å². The van der Waals surface area contributed by atoms with Crippen LogP contribution in [0.3, 0.4) is 0 Å². The predicted octanol–water partition coefficient (Wildman–Crippen LogP) is 4.07. The van der Waals surface area contributed by atoms with Gasteiger partial charge in [0, 0.05) is 60.0 Å². The topological polar surface area (TPSA) is 78.1 Å². The van der Waals surface area contributed by atoms with Crippen LogP contribution >= 0.6 is 0 Å². The Morgan fingerprint density at radius 2 is 1.61 bits per heavy atom. The molecule has 2 atom stereocenters. The Morgan fingerprint density at radius 1 is 0.947 bits per heavy atom. The first-order valence-corrected chi connectivity index (χ1v) is 13.3. The lowest BCUT2D eigenvalue weighted by Crippen LogP contribution is -2.39.